The van der Waals surface area contributed by atoms with E-state index in [1.807, 2.05) is 4.68 Å². The van der Waals surface area contributed by atoms with Crippen LogP contribution in [0.4, 0.5) is 4.39 Å². The molecule has 1 aromatic carbocycles. The lowest BCUT2D eigenvalue weighted by Gasteiger charge is -2.21. The van der Waals surface area contributed by atoms with E-state index < -0.39 is 0 Å². The van der Waals surface area contributed by atoms with Crippen molar-refractivity contribution in [1.29, 1.82) is 0 Å². The van der Waals surface area contributed by atoms with Crippen LogP contribution in [-0.2, 0) is 5.75 Å². The lowest BCUT2D eigenvalue weighted by atomic mass is 9.96. The Morgan fingerprint density at radius 2 is 1.90 bits per heavy atom. The monoisotopic (exact) mass is 292 g/mol. The molecule has 1 fully saturated rings. The topological polar surface area (TPSA) is 43.6 Å². The molecule has 0 unspecified atom stereocenters. The summed E-state index contributed by atoms with van der Waals surface area (Å²) in [5.41, 5.74) is 1.08. The summed E-state index contributed by atoms with van der Waals surface area (Å²) in [5.74, 6) is 0.554. The fourth-order valence-corrected chi connectivity index (χ4v) is 3.46. The van der Waals surface area contributed by atoms with Gasteiger partial charge in [0.2, 0.25) is 5.16 Å². The predicted octanol–water partition coefficient (Wildman–Crippen LogP) is 3.61. The maximum atomic E-state index is 12.9. The maximum absolute atomic E-state index is 12.9. The molecule has 0 aliphatic heterocycles. The van der Waals surface area contributed by atoms with Gasteiger partial charge in [-0.3, -0.25) is 0 Å². The van der Waals surface area contributed by atoms with E-state index in [0.717, 1.165) is 29.3 Å². The summed E-state index contributed by atoms with van der Waals surface area (Å²) in [4.78, 5) is 0. The molecule has 0 amide bonds. The second kappa shape index (κ2) is 6.35. The molecule has 3 rings (SSSR count). The van der Waals surface area contributed by atoms with Gasteiger partial charge in [0.25, 0.3) is 0 Å². The molecular weight excluding hydrogens is 275 g/mol. The molecule has 1 aromatic heterocycles. The summed E-state index contributed by atoms with van der Waals surface area (Å²) in [6, 6.07) is 7.02. The van der Waals surface area contributed by atoms with Crippen molar-refractivity contribution < 1.29 is 4.39 Å². The van der Waals surface area contributed by atoms with Crippen molar-refractivity contribution in [1.82, 2.24) is 20.2 Å². The number of benzene rings is 1. The SMILES string of the molecule is Fc1ccc(CSc2nnnn2C2CCCCC2)cc1. The lowest BCUT2D eigenvalue weighted by molar-refractivity contribution is 0.307. The van der Waals surface area contributed by atoms with Crippen molar-refractivity contribution >= 4 is 11.8 Å². The first kappa shape index (κ1) is 13.5. The summed E-state index contributed by atoms with van der Waals surface area (Å²) in [5, 5.41) is 12.9. The minimum atomic E-state index is -0.203. The first-order valence-corrected chi connectivity index (χ1v) is 7.96. The molecular formula is C14H17FN4S. The molecule has 1 heterocycles. The van der Waals surface area contributed by atoms with Crippen LogP contribution in [0, 0.1) is 5.82 Å². The van der Waals surface area contributed by atoms with Crippen molar-refractivity contribution in [3.05, 3.63) is 35.6 Å². The van der Waals surface area contributed by atoms with Crippen LogP contribution in [0.15, 0.2) is 29.4 Å². The molecule has 1 saturated carbocycles. The highest BCUT2D eigenvalue weighted by atomic mass is 32.2. The quantitative estimate of drug-likeness (QED) is 0.807. The number of nitrogens with zero attached hydrogens (tertiary/aromatic N) is 4. The second-order valence-electron chi connectivity index (χ2n) is 5.11. The van der Waals surface area contributed by atoms with Crippen LogP contribution in [0.2, 0.25) is 0 Å². The zero-order valence-corrected chi connectivity index (χ0v) is 12.0. The zero-order valence-electron chi connectivity index (χ0n) is 11.2. The van der Waals surface area contributed by atoms with E-state index in [1.165, 1.54) is 31.4 Å². The molecule has 2 aromatic rings. The number of rotatable bonds is 4. The highest BCUT2D eigenvalue weighted by Crippen LogP contribution is 2.31. The summed E-state index contributed by atoms with van der Waals surface area (Å²) < 4.78 is 14.8. The molecule has 0 N–H and O–H groups in total. The Balaban J connectivity index is 1.65. The number of aromatic nitrogens is 4. The van der Waals surface area contributed by atoms with E-state index in [-0.39, 0.29) is 5.82 Å². The molecule has 0 saturated heterocycles. The Morgan fingerprint density at radius 3 is 2.65 bits per heavy atom. The molecule has 0 spiro atoms. The third-order valence-corrected chi connectivity index (χ3v) is 4.67. The lowest BCUT2D eigenvalue weighted by Crippen LogP contribution is -2.15. The minimum absolute atomic E-state index is 0.203. The van der Waals surface area contributed by atoms with Gasteiger partial charge in [-0.2, -0.15) is 0 Å². The third-order valence-electron chi connectivity index (χ3n) is 3.66. The first-order valence-electron chi connectivity index (χ1n) is 6.98. The second-order valence-corrected chi connectivity index (χ2v) is 6.06. The minimum Gasteiger partial charge on any atom is -0.217 e. The molecule has 0 bridgehead atoms. The van der Waals surface area contributed by atoms with E-state index in [0.29, 0.717) is 6.04 Å². The predicted molar refractivity (Wildman–Crippen MR) is 75.9 cm³/mol. The molecule has 4 nitrogen and oxygen atoms in total. The number of hydrogen-bond donors (Lipinski definition) is 0. The molecule has 0 atom stereocenters. The van der Waals surface area contributed by atoms with Crippen LogP contribution in [0.5, 0.6) is 0 Å². The fraction of sp³-hybridized carbons (Fsp3) is 0.500. The number of tetrazole rings is 1. The van der Waals surface area contributed by atoms with Gasteiger partial charge in [0.05, 0.1) is 6.04 Å². The van der Waals surface area contributed by atoms with E-state index in [4.69, 9.17) is 0 Å². The Labute approximate surface area is 121 Å². The van der Waals surface area contributed by atoms with Gasteiger partial charge in [-0.05, 0) is 41.0 Å². The van der Waals surface area contributed by atoms with E-state index in [9.17, 15) is 4.39 Å². The Kier molecular flexibility index (Phi) is 4.30. The van der Waals surface area contributed by atoms with Gasteiger partial charge in [-0.15, -0.1) is 5.10 Å². The van der Waals surface area contributed by atoms with Gasteiger partial charge >= 0.3 is 0 Å². The average Bonchev–Trinajstić information content (AvgIpc) is 2.96. The van der Waals surface area contributed by atoms with Crippen LogP contribution in [0.3, 0.4) is 0 Å². The Hall–Kier alpha value is -1.43. The summed E-state index contributed by atoms with van der Waals surface area (Å²) in [6.07, 6.45) is 6.15. The van der Waals surface area contributed by atoms with Crippen LogP contribution >= 0.6 is 11.8 Å². The number of hydrogen-bond acceptors (Lipinski definition) is 4. The van der Waals surface area contributed by atoms with Crippen LogP contribution < -0.4 is 0 Å². The van der Waals surface area contributed by atoms with E-state index in [1.54, 1.807) is 23.9 Å². The van der Waals surface area contributed by atoms with E-state index in [2.05, 4.69) is 15.5 Å². The average molecular weight is 292 g/mol. The molecule has 6 heteroatoms. The number of thioether (sulfide) groups is 1. The Morgan fingerprint density at radius 1 is 1.15 bits per heavy atom. The van der Waals surface area contributed by atoms with Gasteiger partial charge in [-0.25, -0.2) is 9.07 Å². The van der Waals surface area contributed by atoms with Gasteiger partial charge in [-0.1, -0.05) is 43.2 Å². The third kappa shape index (κ3) is 3.17. The smallest absolute Gasteiger partial charge is 0.209 e. The van der Waals surface area contributed by atoms with Gasteiger partial charge in [0, 0.05) is 5.75 Å². The molecule has 1 aliphatic carbocycles. The largest absolute Gasteiger partial charge is 0.217 e. The fourth-order valence-electron chi connectivity index (χ4n) is 2.56. The molecule has 20 heavy (non-hydrogen) atoms. The van der Waals surface area contributed by atoms with Crippen LogP contribution in [0.1, 0.15) is 43.7 Å². The number of halogens is 1. The summed E-state index contributed by atoms with van der Waals surface area (Å²) in [6.45, 7) is 0. The van der Waals surface area contributed by atoms with Crippen molar-refractivity contribution in [3.63, 3.8) is 0 Å². The highest BCUT2D eigenvalue weighted by Gasteiger charge is 2.20. The van der Waals surface area contributed by atoms with Crippen molar-refractivity contribution in [3.8, 4) is 0 Å². The van der Waals surface area contributed by atoms with Crippen molar-refractivity contribution in [2.45, 2.75) is 49.1 Å². The first-order chi connectivity index (χ1) is 9.83. The van der Waals surface area contributed by atoms with Gasteiger partial charge in [0.15, 0.2) is 0 Å². The maximum Gasteiger partial charge on any atom is 0.209 e. The molecule has 1 aliphatic rings. The Bertz CT molecular complexity index is 549. The van der Waals surface area contributed by atoms with Crippen molar-refractivity contribution in [2.75, 3.05) is 0 Å². The summed E-state index contributed by atoms with van der Waals surface area (Å²) >= 11 is 1.61. The molecule has 106 valence electrons. The molecule has 0 radical (unpaired) electrons. The van der Waals surface area contributed by atoms with Gasteiger partial charge < -0.3 is 0 Å². The summed E-state index contributed by atoms with van der Waals surface area (Å²) in [7, 11) is 0. The van der Waals surface area contributed by atoms with Gasteiger partial charge in [0.1, 0.15) is 5.82 Å². The van der Waals surface area contributed by atoms with Crippen LogP contribution in [0.25, 0.3) is 0 Å². The van der Waals surface area contributed by atoms with Crippen LogP contribution in [-0.4, -0.2) is 20.2 Å². The zero-order chi connectivity index (χ0) is 13.8. The van der Waals surface area contributed by atoms with Crippen molar-refractivity contribution in [2.24, 2.45) is 0 Å². The highest BCUT2D eigenvalue weighted by molar-refractivity contribution is 7.98. The normalized spacial score (nSPS) is 16.4. The standard InChI is InChI=1S/C14H17FN4S/c15-12-8-6-11(7-9-12)10-20-14-16-17-18-19(14)13-4-2-1-3-5-13/h6-9,13H,1-5,10H2. The van der Waals surface area contributed by atoms with E-state index >= 15 is 0 Å².